The molecule has 2 atom stereocenters. The van der Waals surface area contributed by atoms with Crippen molar-refractivity contribution in [2.45, 2.75) is 5.92 Å². The van der Waals surface area contributed by atoms with Crippen LogP contribution < -0.4 is 4.74 Å². The molecule has 2 aromatic carbocycles. The number of amides is 2. The summed E-state index contributed by atoms with van der Waals surface area (Å²) in [5.74, 6) is 0.779. The zero-order valence-electron chi connectivity index (χ0n) is 20.9. The number of hydrogen-bond donors (Lipinski definition) is 0. The molecule has 12 heteroatoms. The first-order valence-corrected chi connectivity index (χ1v) is 14.9. The number of imidazole rings is 1. The number of aromatic nitrogens is 2. The summed E-state index contributed by atoms with van der Waals surface area (Å²) >= 11 is 12.5. The van der Waals surface area contributed by atoms with Crippen LogP contribution in [0.4, 0.5) is 4.79 Å². The Labute approximate surface area is 232 Å². The van der Waals surface area contributed by atoms with E-state index in [0.29, 0.717) is 55.9 Å². The van der Waals surface area contributed by atoms with Crippen molar-refractivity contribution in [3.8, 4) is 11.4 Å². The van der Waals surface area contributed by atoms with Gasteiger partial charge < -0.3 is 19.1 Å². The van der Waals surface area contributed by atoms with Crippen LogP contribution in [0.25, 0.3) is 5.69 Å². The number of halogens is 2. The van der Waals surface area contributed by atoms with Gasteiger partial charge >= 0.3 is 6.03 Å². The third-order valence-electron chi connectivity index (χ3n) is 7.16. The molecule has 0 saturated carbocycles. The van der Waals surface area contributed by atoms with Crippen molar-refractivity contribution in [3.05, 3.63) is 76.8 Å². The molecule has 0 bridgehead atoms. The molecule has 5 rings (SSSR count). The molecule has 3 aromatic rings. The second kappa shape index (κ2) is 11.1. The average molecular weight is 579 g/mol. The van der Waals surface area contributed by atoms with Gasteiger partial charge in [-0.15, -0.1) is 0 Å². The predicted octanol–water partition coefficient (Wildman–Crippen LogP) is 3.97. The molecule has 1 aromatic heterocycles. The van der Waals surface area contributed by atoms with Gasteiger partial charge in [-0.25, -0.2) is 18.2 Å². The van der Waals surface area contributed by atoms with Gasteiger partial charge in [-0.05, 0) is 42.0 Å². The Hall–Kier alpha value is -2.79. The Kier molecular flexibility index (Phi) is 7.85. The Bertz CT molecular complexity index is 1380. The lowest BCUT2D eigenvalue weighted by atomic mass is 9.89. The zero-order valence-corrected chi connectivity index (χ0v) is 23.2. The number of benzene rings is 2. The number of piperazine rings is 1. The number of urea groups is 1. The fraction of sp³-hybridized carbons (Fsp3) is 0.385. The van der Waals surface area contributed by atoms with Crippen LogP contribution in [0, 0.1) is 5.92 Å². The van der Waals surface area contributed by atoms with E-state index in [-0.39, 0.29) is 17.9 Å². The Morgan fingerprint density at radius 2 is 1.74 bits per heavy atom. The second-order valence-corrected chi connectivity index (χ2v) is 12.4. The van der Waals surface area contributed by atoms with Crippen molar-refractivity contribution < 1.29 is 17.9 Å². The molecule has 0 spiro atoms. The largest absolute Gasteiger partial charge is 0.493 e. The first-order valence-electron chi connectivity index (χ1n) is 12.3. The molecule has 2 unspecified atom stereocenters. The fourth-order valence-corrected chi connectivity index (χ4v) is 6.19. The highest BCUT2D eigenvalue weighted by atomic mass is 35.5. The van der Waals surface area contributed by atoms with E-state index in [1.54, 1.807) is 23.5 Å². The number of likely N-dealkylation sites (tertiary alicyclic amines) is 1. The molecule has 9 nitrogen and oxygen atoms in total. The number of carbonyl (C=O) groups is 1. The SMILES string of the molecule is CS(=O)(=O)N1CCN(C(=O)N2CC(COc3ccc(-n4ccnc4)cc3)C(c3ccc(Cl)c(Cl)c3)C2)CC1. The molecule has 3 heterocycles. The van der Waals surface area contributed by atoms with Crippen molar-refractivity contribution >= 4 is 39.3 Å². The first kappa shape index (κ1) is 26.8. The van der Waals surface area contributed by atoms with Gasteiger partial charge in [-0.3, -0.25) is 0 Å². The normalized spacial score (nSPS) is 20.6. The van der Waals surface area contributed by atoms with Crippen LogP contribution in [0.2, 0.25) is 10.0 Å². The number of rotatable bonds is 6. The molecule has 2 amide bonds. The summed E-state index contributed by atoms with van der Waals surface area (Å²) in [4.78, 5) is 21.1. The lowest BCUT2D eigenvalue weighted by Crippen LogP contribution is -2.53. The van der Waals surface area contributed by atoms with Gasteiger partial charge in [0.1, 0.15) is 5.75 Å². The third-order valence-corrected chi connectivity index (χ3v) is 9.21. The highest BCUT2D eigenvalue weighted by Crippen LogP contribution is 2.36. The minimum absolute atomic E-state index is 0.0104. The maximum Gasteiger partial charge on any atom is 0.320 e. The molecule has 2 fully saturated rings. The Balaban J connectivity index is 1.28. The Morgan fingerprint density at radius 3 is 2.37 bits per heavy atom. The van der Waals surface area contributed by atoms with Crippen molar-refractivity contribution in [1.82, 2.24) is 23.7 Å². The predicted molar refractivity (Wildman–Crippen MR) is 147 cm³/mol. The van der Waals surface area contributed by atoms with Gasteiger partial charge in [0, 0.05) is 69.2 Å². The summed E-state index contributed by atoms with van der Waals surface area (Å²) in [5.41, 5.74) is 1.98. The van der Waals surface area contributed by atoms with Crippen LogP contribution >= 0.6 is 23.2 Å². The number of sulfonamides is 1. The van der Waals surface area contributed by atoms with Crippen molar-refractivity contribution in [2.75, 3.05) is 52.1 Å². The van der Waals surface area contributed by atoms with E-state index in [2.05, 4.69) is 4.98 Å². The third kappa shape index (κ3) is 5.93. The minimum Gasteiger partial charge on any atom is -0.493 e. The van der Waals surface area contributed by atoms with Crippen molar-refractivity contribution in [1.29, 1.82) is 0 Å². The average Bonchev–Trinajstić information content (AvgIpc) is 3.59. The molecule has 2 aliphatic rings. The van der Waals surface area contributed by atoms with E-state index < -0.39 is 10.0 Å². The summed E-state index contributed by atoms with van der Waals surface area (Å²) in [6, 6.07) is 13.3. The van der Waals surface area contributed by atoms with Gasteiger partial charge in [0.05, 0.1) is 29.2 Å². The van der Waals surface area contributed by atoms with Gasteiger partial charge in [0.2, 0.25) is 10.0 Å². The number of ether oxygens (including phenoxy) is 1. The quantitative estimate of drug-likeness (QED) is 0.442. The summed E-state index contributed by atoms with van der Waals surface area (Å²) in [6.07, 6.45) is 6.54. The van der Waals surface area contributed by atoms with Gasteiger partial charge in [-0.1, -0.05) is 29.3 Å². The van der Waals surface area contributed by atoms with Crippen LogP contribution in [-0.2, 0) is 10.0 Å². The van der Waals surface area contributed by atoms with E-state index in [1.807, 2.05) is 52.1 Å². The van der Waals surface area contributed by atoms with Crippen molar-refractivity contribution in [2.24, 2.45) is 5.92 Å². The number of nitrogens with zero attached hydrogens (tertiary/aromatic N) is 5. The van der Waals surface area contributed by atoms with E-state index in [4.69, 9.17) is 27.9 Å². The first-order chi connectivity index (χ1) is 18.2. The molecule has 38 heavy (non-hydrogen) atoms. The second-order valence-electron chi connectivity index (χ2n) is 9.65. The zero-order chi connectivity index (χ0) is 26.9. The highest BCUT2D eigenvalue weighted by Gasteiger charge is 2.39. The summed E-state index contributed by atoms with van der Waals surface area (Å²) in [5, 5.41) is 0.955. The minimum atomic E-state index is -3.27. The van der Waals surface area contributed by atoms with E-state index >= 15 is 0 Å². The maximum atomic E-state index is 13.4. The van der Waals surface area contributed by atoms with E-state index in [9.17, 15) is 13.2 Å². The van der Waals surface area contributed by atoms with Gasteiger partial charge in [-0.2, -0.15) is 4.31 Å². The van der Waals surface area contributed by atoms with E-state index in [0.717, 1.165) is 17.0 Å². The van der Waals surface area contributed by atoms with Crippen LogP contribution in [0.15, 0.2) is 61.2 Å². The maximum absolute atomic E-state index is 13.4. The molecule has 202 valence electrons. The van der Waals surface area contributed by atoms with Crippen LogP contribution in [-0.4, -0.2) is 90.2 Å². The summed E-state index contributed by atoms with van der Waals surface area (Å²) < 4.78 is 33.2. The summed E-state index contributed by atoms with van der Waals surface area (Å²) in [7, 11) is -3.27. The molecule has 0 aliphatic carbocycles. The van der Waals surface area contributed by atoms with Crippen LogP contribution in [0.3, 0.4) is 0 Å². The van der Waals surface area contributed by atoms with Crippen LogP contribution in [0.1, 0.15) is 11.5 Å². The molecule has 2 saturated heterocycles. The lowest BCUT2D eigenvalue weighted by Gasteiger charge is -2.35. The monoisotopic (exact) mass is 577 g/mol. The topological polar surface area (TPSA) is 88.0 Å². The smallest absolute Gasteiger partial charge is 0.320 e. The molecule has 0 radical (unpaired) electrons. The molecular formula is C26H29Cl2N5O4S. The van der Waals surface area contributed by atoms with Crippen LogP contribution in [0.5, 0.6) is 5.75 Å². The number of hydrogen-bond acceptors (Lipinski definition) is 5. The lowest BCUT2D eigenvalue weighted by molar-refractivity contribution is 0.139. The van der Waals surface area contributed by atoms with Gasteiger partial charge in [0.25, 0.3) is 0 Å². The molecular weight excluding hydrogens is 549 g/mol. The molecule has 0 N–H and O–H groups in total. The number of carbonyl (C=O) groups excluding carboxylic acids is 1. The summed E-state index contributed by atoms with van der Waals surface area (Å²) in [6.45, 7) is 2.78. The molecule has 2 aliphatic heterocycles. The van der Waals surface area contributed by atoms with Crippen molar-refractivity contribution in [3.63, 3.8) is 0 Å². The highest BCUT2D eigenvalue weighted by molar-refractivity contribution is 7.88. The fourth-order valence-electron chi connectivity index (χ4n) is 5.06. The Morgan fingerprint density at radius 1 is 1.00 bits per heavy atom. The standard InChI is InChI=1S/C26H29Cl2N5O4S/c1-38(35,36)33-12-10-30(11-13-33)26(34)32-15-20(23(16-32)19-2-7-24(27)25(28)14-19)17-37-22-5-3-21(4-6-22)31-9-8-29-18-31/h2-9,14,18,20,23H,10-13,15-17H2,1H3. The van der Waals surface area contributed by atoms with Gasteiger partial charge in [0.15, 0.2) is 0 Å². The van der Waals surface area contributed by atoms with E-state index in [1.165, 1.54) is 10.6 Å².